The van der Waals surface area contributed by atoms with Crippen LogP contribution in [-0.2, 0) is 4.74 Å². The van der Waals surface area contributed by atoms with Gasteiger partial charge in [-0.2, -0.15) is 0 Å². The van der Waals surface area contributed by atoms with Crippen molar-refractivity contribution in [3.05, 3.63) is 59.9 Å². The van der Waals surface area contributed by atoms with Gasteiger partial charge in [-0.3, -0.25) is 0 Å². The van der Waals surface area contributed by atoms with Crippen molar-refractivity contribution in [1.29, 1.82) is 0 Å². The van der Waals surface area contributed by atoms with Crippen LogP contribution < -0.4 is 4.74 Å². The maximum Gasteiger partial charge on any atom is 0.339 e. The molecule has 0 saturated heterocycles. The summed E-state index contributed by atoms with van der Waals surface area (Å²) in [5, 5.41) is 0. The van der Waals surface area contributed by atoms with Gasteiger partial charge in [0.2, 0.25) is 0 Å². The topological polar surface area (TPSA) is 35.5 Å². The van der Waals surface area contributed by atoms with Crippen molar-refractivity contribution >= 4 is 5.97 Å². The molecule has 0 saturated carbocycles. The fraction of sp³-hybridized carbons (Fsp3) is 0.0625. The minimum atomic E-state index is -0.624. The van der Waals surface area contributed by atoms with Crippen molar-refractivity contribution in [3.8, 4) is 23.8 Å². The molecule has 0 aliphatic rings. The zero-order chi connectivity index (χ0) is 14.4. The van der Waals surface area contributed by atoms with Crippen LogP contribution in [0.2, 0.25) is 0 Å². The van der Waals surface area contributed by atoms with E-state index >= 15 is 0 Å². The van der Waals surface area contributed by atoms with E-state index in [1.165, 1.54) is 12.1 Å². The molecule has 0 radical (unpaired) electrons. The highest BCUT2D eigenvalue weighted by Gasteiger charge is 2.12. The molecule has 4 heteroatoms. The molecule has 0 aliphatic carbocycles. The second kappa shape index (κ2) is 6.39. The highest BCUT2D eigenvalue weighted by atomic mass is 19.1. The summed E-state index contributed by atoms with van der Waals surface area (Å²) in [6.07, 6.45) is 5.00. The van der Waals surface area contributed by atoms with Gasteiger partial charge in [-0.1, -0.05) is 24.1 Å². The van der Waals surface area contributed by atoms with E-state index in [-0.39, 0.29) is 17.9 Å². The number of hydrogen-bond donors (Lipinski definition) is 0. The molecule has 2 aromatic carbocycles. The lowest BCUT2D eigenvalue weighted by atomic mass is 10.2. The lowest BCUT2D eigenvalue weighted by Crippen LogP contribution is -2.05. The third kappa shape index (κ3) is 3.36. The number of carbonyl (C=O) groups excluding carboxylic acids is 1. The fourth-order valence-electron chi connectivity index (χ4n) is 1.51. The van der Waals surface area contributed by atoms with Gasteiger partial charge < -0.3 is 9.47 Å². The summed E-state index contributed by atoms with van der Waals surface area (Å²) < 4.78 is 23.8. The fourth-order valence-corrected chi connectivity index (χ4v) is 1.51. The Morgan fingerprint density at radius 2 is 1.95 bits per heavy atom. The first-order valence-electron chi connectivity index (χ1n) is 5.84. The van der Waals surface area contributed by atoms with Crippen molar-refractivity contribution < 1.29 is 18.7 Å². The van der Waals surface area contributed by atoms with Gasteiger partial charge in [0.1, 0.15) is 5.75 Å². The first-order chi connectivity index (χ1) is 9.70. The number of benzene rings is 2. The van der Waals surface area contributed by atoms with Crippen LogP contribution in [0.3, 0.4) is 0 Å². The van der Waals surface area contributed by atoms with E-state index in [1.54, 1.807) is 24.3 Å². The molecular weight excluding hydrogens is 259 g/mol. The second-order valence-corrected chi connectivity index (χ2v) is 3.84. The Morgan fingerprint density at radius 3 is 2.65 bits per heavy atom. The smallest absolute Gasteiger partial charge is 0.339 e. The van der Waals surface area contributed by atoms with Gasteiger partial charge >= 0.3 is 5.97 Å². The van der Waals surface area contributed by atoms with Crippen LogP contribution in [0.4, 0.5) is 4.39 Å². The van der Waals surface area contributed by atoms with Crippen LogP contribution >= 0.6 is 0 Å². The monoisotopic (exact) mass is 270 g/mol. The van der Waals surface area contributed by atoms with E-state index in [0.29, 0.717) is 5.75 Å². The molecule has 2 aromatic rings. The van der Waals surface area contributed by atoms with Crippen LogP contribution in [0, 0.1) is 18.2 Å². The van der Waals surface area contributed by atoms with E-state index in [0.717, 1.165) is 6.07 Å². The van der Waals surface area contributed by atoms with Gasteiger partial charge in [0, 0.05) is 0 Å². The molecule has 2 rings (SSSR count). The average molecular weight is 270 g/mol. The second-order valence-electron chi connectivity index (χ2n) is 3.84. The number of esters is 1. The molecule has 0 amide bonds. The van der Waals surface area contributed by atoms with Crippen molar-refractivity contribution in [2.45, 2.75) is 0 Å². The maximum atomic E-state index is 13.7. The van der Waals surface area contributed by atoms with E-state index in [1.807, 2.05) is 6.07 Å². The van der Waals surface area contributed by atoms with Crippen molar-refractivity contribution in [2.75, 3.05) is 6.61 Å². The number of ether oxygens (including phenoxy) is 2. The normalized spacial score (nSPS) is 9.60. The average Bonchev–Trinajstić information content (AvgIpc) is 2.48. The first kappa shape index (κ1) is 13.6. The van der Waals surface area contributed by atoms with Gasteiger partial charge in [-0.25, -0.2) is 9.18 Å². The minimum absolute atomic E-state index is 0.0497. The summed E-state index contributed by atoms with van der Waals surface area (Å²) in [5.74, 6) is 1.42. The molecule has 0 aromatic heterocycles. The van der Waals surface area contributed by atoms with Crippen molar-refractivity contribution in [3.63, 3.8) is 0 Å². The van der Waals surface area contributed by atoms with Gasteiger partial charge in [-0.15, -0.1) is 6.42 Å². The third-order valence-corrected chi connectivity index (χ3v) is 2.42. The van der Waals surface area contributed by atoms with Gasteiger partial charge in [0.05, 0.1) is 5.56 Å². The predicted molar refractivity (Wildman–Crippen MR) is 72.0 cm³/mol. The summed E-state index contributed by atoms with van der Waals surface area (Å²) in [7, 11) is 0. The SMILES string of the molecule is C#CCOC(=O)c1ccc(F)c(Oc2ccccc2)c1. The van der Waals surface area contributed by atoms with Crippen molar-refractivity contribution in [2.24, 2.45) is 0 Å². The van der Waals surface area contributed by atoms with Crippen LogP contribution in [0.5, 0.6) is 11.5 Å². The molecule has 0 aliphatic heterocycles. The Balaban J connectivity index is 2.21. The zero-order valence-corrected chi connectivity index (χ0v) is 10.5. The van der Waals surface area contributed by atoms with Gasteiger partial charge in [0.15, 0.2) is 18.2 Å². The quantitative estimate of drug-likeness (QED) is 0.631. The van der Waals surface area contributed by atoms with Crippen LogP contribution in [-0.4, -0.2) is 12.6 Å². The number of hydrogen-bond acceptors (Lipinski definition) is 3. The Labute approximate surface area is 116 Å². The highest BCUT2D eigenvalue weighted by Crippen LogP contribution is 2.25. The standard InChI is InChI=1S/C16H11FO3/c1-2-10-19-16(18)12-8-9-14(17)15(11-12)20-13-6-4-3-5-7-13/h1,3-9,11H,10H2. The Morgan fingerprint density at radius 1 is 1.20 bits per heavy atom. The lowest BCUT2D eigenvalue weighted by Gasteiger charge is -2.08. The summed E-state index contributed by atoms with van der Waals surface area (Å²) >= 11 is 0. The Kier molecular flexibility index (Phi) is 4.35. The third-order valence-electron chi connectivity index (χ3n) is 2.42. The summed E-state index contributed by atoms with van der Waals surface area (Å²) in [6, 6.07) is 12.4. The molecule has 100 valence electrons. The minimum Gasteiger partial charge on any atom is -0.454 e. The largest absolute Gasteiger partial charge is 0.454 e. The first-order valence-corrected chi connectivity index (χ1v) is 5.84. The molecule has 0 atom stereocenters. The maximum absolute atomic E-state index is 13.7. The molecule has 0 fully saturated rings. The predicted octanol–water partition coefficient (Wildman–Crippen LogP) is 3.41. The van der Waals surface area contributed by atoms with Crippen LogP contribution in [0.25, 0.3) is 0 Å². The van der Waals surface area contributed by atoms with Gasteiger partial charge in [-0.05, 0) is 30.3 Å². The molecule has 0 N–H and O–H groups in total. The van der Waals surface area contributed by atoms with Gasteiger partial charge in [0.25, 0.3) is 0 Å². The molecule has 0 heterocycles. The molecule has 20 heavy (non-hydrogen) atoms. The van der Waals surface area contributed by atoms with Crippen LogP contribution in [0.15, 0.2) is 48.5 Å². The summed E-state index contributed by atoms with van der Waals surface area (Å²) in [5.41, 5.74) is 0.174. The summed E-state index contributed by atoms with van der Waals surface area (Å²) in [4.78, 5) is 11.6. The highest BCUT2D eigenvalue weighted by molar-refractivity contribution is 5.90. The summed E-state index contributed by atoms with van der Waals surface area (Å²) in [6.45, 7) is -0.134. The molecular formula is C16H11FO3. The van der Waals surface area contributed by atoms with E-state index in [9.17, 15) is 9.18 Å². The molecule has 3 nitrogen and oxygen atoms in total. The van der Waals surface area contributed by atoms with Crippen LogP contribution in [0.1, 0.15) is 10.4 Å². The molecule has 0 bridgehead atoms. The molecule has 0 spiro atoms. The van der Waals surface area contributed by atoms with Crippen molar-refractivity contribution in [1.82, 2.24) is 0 Å². The number of para-hydroxylation sites is 1. The number of carbonyl (C=O) groups is 1. The zero-order valence-electron chi connectivity index (χ0n) is 10.5. The Bertz CT molecular complexity index is 645. The number of rotatable bonds is 4. The number of halogens is 1. The van der Waals surface area contributed by atoms with E-state index < -0.39 is 11.8 Å². The number of terminal acetylenes is 1. The van der Waals surface area contributed by atoms with E-state index in [4.69, 9.17) is 15.9 Å². The van der Waals surface area contributed by atoms with E-state index in [2.05, 4.69) is 5.92 Å². The lowest BCUT2D eigenvalue weighted by molar-refractivity contribution is 0.0556. The molecule has 0 unspecified atom stereocenters. The Hall–Kier alpha value is -2.80.